The zero-order valence-corrected chi connectivity index (χ0v) is 14.9. The van der Waals surface area contributed by atoms with Crippen LogP contribution in [0.5, 0.6) is 11.5 Å². The van der Waals surface area contributed by atoms with Crippen molar-refractivity contribution in [2.24, 2.45) is 0 Å². The lowest BCUT2D eigenvalue weighted by Gasteiger charge is -2.25. The number of anilines is 1. The highest BCUT2D eigenvalue weighted by atomic mass is 16.6. The van der Waals surface area contributed by atoms with Gasteiger partial charge in [-0.3, -0.25) is 9.59 Å². The molecule has 4 rings (SSSR count). The maximum atomic E-state index is 12.6. The van der Waals surface area contributed by atoms with Crippen molar-refractivity contribution in [3.63, 3.8) is 0 Å². The highest BCUT2D eigenvalue weighted by Gasteiger charge is 2.28. The molecule has 1 aliphatic heterocycles. The van der Waals surface area contributed by atoms with Gasteiger partial charge in [0.1, 0.15) is 12.4 Å². The Hall–Kier alpha value is -3.74. The number of ether oxygens (including phenoxy) is 2. The first-order chi connectivity index (χ1) is 13.7. The fourth-order valence-corrected chi connectivity index (χ4v) is 2.83. The van der Waals surface area contributed by atoms with E-state index in [-0.39, 0.29) is 25.0 Å². The first-order valence-corrected chi connectivity index (χ1v) is 8.79. The standard InChI is InChI=1S/C21H18N2O5/c24-20(22-12-14-6-5-11-26-14)15-7-1-2-8-16(15)23-21(25)19-13-27-17-9-3-4-10-18(17)28-19/h1-11,19H,12-13H2,(H,22,24)(H,23,25). The molecule has 0 bridgehead atoms. The van der Waals surface area contributed by atoms with Crippen molar-refractivity contribution in [3.05, 3.63) is 78.3 Å². The second kappa shape index (κ2) is 7.87. The second-order valence-corrected chi connectivity index (χ2v) is 6.16. The lowest BCUT2D eigenvalue weighted by Crippen LogP contribution is -2.40. The predicted molar refractivity (Wildman–Crippen MR) is 101 cm³/mol. The summed E-state index contributed by atoms with van der Waals surface area (Å²) in [6.45, 7) is 0.347. The highest BCUT2D eigenvalue weighted by Crippen LogP contribution is 2.31. The van der Waals surface area contributed by atoms with Crippen molar-refractivity contribution in [1.29, 1.82) is 0 Å². The first kappa shape index (κ1) is 17.7. The van der Waals surface area contributed by atoms with Crippen LogP contribution in [-0.4, -0.2) is 24.5 Å². The summed E-state index contributed by atoms with van der Waals surface area (Å²) in [7, 11) is 0. The molecule has 2 amide bonds. The van der Waals surface area contributed by atoms with E-state index in [1.807, 2.05) is 6.07 Å². The van der Waals surface area contributed by atoms with E-state index in [0.717, 1.165) is 0 Å². The average molecular weight is 378 g/mol. The van der Waals surface area contributed by atoms with Crippen LogP contribution in [0.1, 0.15) is 16.1 Å². The molecule has 7 heteroatoms. The van der Waals surface area contributed by atoms with E-state index >= 15 is 0 Å². The number of fused-ring (bicyclic) bond motifs is 1. The third-order valence-electron chi connectivity index (χ3n) is 4.23. The average Bonchev–Trinajstić information content (AvgIpc) is 3.25. The van der Waals surface area contributed by atoms with E-state index in [4.69, 9.17) is 13.9 Å². The van der Waals surface area contributed by atoms with Crippen LogP contribution in [-0.2, 0) is 11.3 Å². The summed E-state index contributed by atoms with van der Waals surface area (Å²) >= 11 is 0. The summed E-state index contributed by atoms with van der Waals surface area (Å²) in [5.41, 5.74) is 0.742. The summed E-state index contributed by atoms with van der Waals surface area (Å²) in [4.78, 5) is 25.2. The Kier molecular flexibility index (Phi) is 4.97. The molecule has 0 radical (unpaired) electrons. The molecule has 1 aromatic heterocycles. The minimum Gasteiger partial charge on any atom is -0.485 e. The number of carbonyl (C=O) groups is 2. The van der Waals surface area contributed by atoms with Gasteiger partial charge in [-0.15, -0.1) is 0 Å². The lowest BCUT2D eigenvalue weighted by atomic mass is 10.1. The van der Waals surface area contributed by atoms with Crippen LogP contribution in [0.2, 0.25) is 0 Å². The van der Waals surface area contributed by atoms with Crippen molar-refractivity contribution in [1.82, 2.24) is 5.32 Å². The normalized spacial score (nSPS) is 14.9. The Labute approximate surface area is 161 Å². The van der Waals surface area contributed by atoms with Gasteiger partial charge >= 0.3 is 0 Å². The molecule has 2 heterocycles. The number of hydrogen-bond acceptors (Lipinski definition) is 5. The fourth-order valence-electron chi connectivity index (χ4n) is 2.83. The van der Waals surface area contributed by atoms with Gasteiger partial charge < -0.3 is 24.5 Å². The summed E-state index contributed by atoms with van der Waals surface area (Å²) in [6, 6.07) is 17.5. The quantitative estimate of drug-likeness (QED) is 0.712. The van der Waals surface area contributed by atoms with Crippen LogP contribution in [0.3, 0.4) is 0 Å². The van der Waals surface area contributed by atoms with Crippen molar-refractivity contribution < 1.29 is 23.5 Å². The van der Waals surface area contributed by atoms with Crippen molar-refractivity contribution in [2.45, 2.75) is 12.6 Å². The highest BCUT2D eigenvalue weighted by molar-refractivity contribution is 6.04. The SMILES string of the molecule is O=C(NCc1ccco1)c1ccccc1NC(=O)C1COc2ccccc2O1. The van der Waals surface area contributed by atoms with Crippen LogP contribution in [0, 0.1) is 0 Å². The predicted octanol–water partition coefficient (Wildman–Crippen LogP) is 2.99. The number of amides is 2. The molecule has 1 atom stereocenters. The summed E-state index contributed by atoms with van der Waals surface area (Å²) in [5, 5.41) is 5.52. The number of para-hydroxylation sites is 3. The maximum Gasteiger partial charge on any atom is 0.269 e. The third kappa shape index (κ3) is 3.83. The summed E-state index contributed by atoms with van der Waals surface area (Å²) in [6.07, 6.45) is 0.731. The number of nitrogens with one attached hydrogen (secondary N) is 2. The van der Waals surface area contributed by atoms with Gasteiger partial charge in [0.05, 0.1) is 24.1 Å². The second-order valence-electron chi connectivity index (χ2n) is 6.16. The lowest BCUT2D eigenvalue weighted by molar-refractivity contribution is -0.125. The smallest absolute Gasteiger partial charge is 0.269 e. The van der Waals surface area contributed by atoms with E-state index in [1.165, 1.54) is 0 Å². The Balaban J connectivity index is 1.43. The molecule has 0 saturated heterocycles. The van der Waals surface area contributed by atoms with Gasteiger partial charge in [0.2, 0.25) is 6.10 Å². The monoisotopic (exact) mass is 378 g/mol. The molecule has 0 saturated carbocycles. The molecule has 142 valence electrons. The molecular formula is C21H18N2O5. The van der Waals surface area contributed by atoms with Crippen molar-refractivity contribution in [2.75, 3.05) is 11.9 Å². The zero-order valence-electron chi connectivity index (χ0n) is 14.9. The fraction of sp³-hybridized carbons (Fsp3) is 0.143. The maximum absolute atomic E-state index is 12.6. The summed E-state index contributed by atoms with van der Waals surface area (Å²) in [5.74, 6) is 1.04. The van der Waals surface area contributed by atoms with E-state index < -0.39 is 6.10 Å². The van der Waals surface area contributed by atoms with E-state index in [0.29, 0.717) is 28.5 Å². The van der Waals surface area contributed by atoms with Gasteiger partial charge in [-0.2, -0.15) is 0 Å². The van der Waals surface area contributed by atoms with Gasteiger partial charge in [-0.25, -0.2) is 0 Å². The number of furan rings is 1. The largest absolute Gasteiger partial charge is 0.485 e. The zero-order chi connectivity index (χ0) is 19.3. The van der Waals surface area contributed by atoms with Crippen LogP contribution in [0.15, 0.2) is 71.3 Å². The van der Waals surface area contributed by atoms with Crippen LogP contribution >= 0.6 is 0 Å². The number of carbonyl (C=O) groups excluding carboxylic acids is 2. The third-order valence-corrected chi connectivity index (χ3v) is 4.23. The van der Waals surface area contributed by atoms with Gasteiger partial charge in [-0.05, 0) is 36.4 Å². The van der Waals surface area contributed by atoms with Crippen molar-refractivity contribution in [3.8, 4) is 11.5 Å². The molecule has 2 aromatic carbocycles. The summed E-state index contributed by atoms with van der Waals surface area (Å²) < 4.78 is 16.5. The van der Waals surface area contributed by atoms with Crippen LogP contribution in [0.4, 0.5) is 5.69 Å². The molecule has 0 aliphatic carbocycles. The number of benzene rings is 2. The Bertz CT molecular complexity index is 984. The van der Waals surface area contributed by atoms with Crippen molar-refractivity contribution >= 4 is 17.5 Å². The first-order valence-electron chi connectivity index (χ1n) is 8.79. The Morgan fingerprint density at radius 3 is 2.57 bits per heavy atom. The van der Waals surface area contributed by atoms with Gasteiger partial charge in [0.25, 0.3) is 11.8 Å². The molecule has 28 heavy (non-hydrogen) atoms. The molecule has 1 unspecified atom stereocenters. The van der Waals surface area contributed by atoms with Gasteiger partial charge in [0.15, 0.2) is 11.5 Å². The minimum atomic E-state index is -0.811. The topological polar surface area (TPSA) is 89.8 Å². The Morgan fingerprint density at radius 1 is 0.964 bits per heavy atom. The molecule has 3 aromatic rings. The van der Waals surface area contributed by atoms with E-state index in [2.05, 4.69) is 10.6 Å². The molecule has 0 fully saturated rings. The molecule has 7 nitrogen and oxygen atoms in total. The molecule has 0 spiro atoms. The number of hydrogen-bond donors (Lipinski definition) is 2. The molecular weight excluding hydrogens is 360 g/mol. The molecule has 1 aliphatic rings. The minimum absolute atomic E-state index is 0.0930. The van der Waals surface area contributed by atoms with Crippen LogP contribution in [0.25, 0.3) is 0 Å². The van der Waals surface area contributed by atoms with Gasteiger partial charge in [-0.1, -0.05) is 24.3 Å². The number of rotatable bonds is 5. The van der Waals surface area contributed by atoms with E-state index in [1.54, 1.807) is 60.9 Å². The van der Waals surface area contributed by atoms with Crippen LogP contribution < -0.4 is 20.1 Å². The molecule has 2 N–H and O–H groups in total. The van der Waals surface area contributed by atoms with Gasteiger partial charge in [0, 0.05) is 0 Å². The van der Waals surface area contributed by atoms with E-state index in [9.17, 15) is 9.59 Å². The Morgan fingerprint density at radius 2 is 1.75 bits per heavy atom.